The van der Waals surface area contributed by atoms with Crippen LogP contribution >= 0.6 is 0 Å². The first kappa shape index (κ1) is 68.5. The van der Waals surface area contributed by atoms with E-state index in [4.69, 9.17) is 0 Å². The summed E-state index contributed by atoms with van der Waals surface area (Å²) in [5, 5.41) is 0. The van der Waals surface area contributed by atoms with Gasteiger partial charge >= 0.3 is 0 Å². The quantitative estimate of drug-likeness (QED) is 0.209. The highest BCUT2D eigenvalue weighted by atomic mass is 32.2. The second kappa shape index (κ2) is 22.2. The highest BCUT2D eigenvalue weighted by Crippen LogP contribution is 2.54. The van der Waals surface area contributed by atoms with Crippen LogP contribution in [0, 0.1) is 37.9 Å². The predicted octanol–water partition coefficient (Wildman–Crippen LogP) is 13.4. The molecule has 1 rings (SSSR count). The first-order valence-electron chi connectivity index (χ1n) is 17.1. The summed E-state index contributed by atoms with van der Waals surface area (Å²) in [6.07, 6.45) is 1.50. The third-order valence-electron chi connectivity index (χ3n) is 7.03. The lowest BCUT2D eigenvalue weighted by Gasteiger charge is -2.28. The van der Waals surface area contributed by atoms with Gasteiger partial charge in [0.25, 0.3) is 0 Å². The van der Waals surface area contributed by atoms with Crippen molar-refractivity contribution in [2.75, 3.05) is 0 Å². The molecule has 7 heteroatoms. The molecule has 1 aliphatic rings. The molecular weight excluding hydrogens is 669 g/mol. The van der Waals surface area contributed by atoms with Gasteiger partial charge in [-0.05, 0) is 54.4 Å². The molecule has 0 bridgehead atoms. The molecule has 0 aliphatic heterocycles. The van der Waals surface area contributed by atoms with Crippen molar-refractivity contribution in [1.29, 1.82) is 0 Å². The van der Waals surface area contributed by atoms with Gasteiger partial charge in [-0.1, -0.05) is 162 Å². The summed E-state index contributed by atoms with van der Waals surface area (Å²) < 4.78 is 11.4. The first-order valence-corrected chi connectivity index (χ1v) is 18.2. The molecular formula is C45H96O6S. The van der Waals surface area contributed by atoms with Crippen molar-refractivity contribution in [2.45, 2.75) is 226 Å². The molecule has 0 aromatic heterocycles. The van der Waals surface area contributed by atoms with E-state index >= 15 is 0 Å². The zero-order valence-corrected chi connectivity index (χ0v) is 36.1. The Morgan fingerprint density at radius 2 is 0.558 bits per heavy atom. The summed E-state index contributed by atoms with van der Waals surface area (Å²) in [4.78, 5) is 58.8. The van der Waals surface area contributed by atoms with Gasteiger partial charge in [0.2, 0.25) is 11.6 Å². The minimum Gasteiger partial charge on any atom is -0.299 e. The van der Waals surface area contributed by atoms with E-state index < -0.39 is 37.9 Å². The normalized spacial score (nSPS) is 14.0. The maximum atomic E-state index is 12.2. The number of hydrogen-bond donors (Lipinski definition) is 0. The molecule has 52 heavy (non-hydrogen) atoms. The van der Waals surface area contributed by atoms with E-state index in [0.717, 1.165) is 12.8 Å². The number of carbonyl (C=O) groups is 5. The van der Waals surface area contributed by atoms with Crippen molar-refractivity contribution in [1.82, 2.24) is 0 Å². The second-order valence-electron chi connectivity index (χ2n) is 21.2. The van der Waals surface area contributed by atoms with E-state index in [1.165, 1.54) is 0 Å². The Labute approximate surface area is 330 Å². The van der Waals surface area contributed by atoms with Crippen LogP contribution in [0.5, 0.6) is 0 Å². The Kier molecular flexibility index (Phi) is 29.2. The summed E-state index contributed by atoms with van der Waals surface area (Å²) in [6.45, 7) is 45.7. The topological polar surface area (TPSA) is 102 Å². The molecule has 0 N–H and O–H groups in total. The van der Waals surface area contributed by atoms with Crippen LogP contribution in [0.4, 0.5) is 0 Å². The molecule has 0 radical (unpaired) electrons. The summed E-state index contributed by atoms with van der Waals surface area (Å²) in [5.74, 6) is -0.00477. The second-order valence-corrected chi connectivity index (χ2v) is 24.2. The highest BCUT2D eigenvalue weighted by Gasteiger charge is 2.60. The summed E-state index contributed by atoms with van der Waals surface area (Å²) in [5.41, 5.74) is -2.95. The average Bonchev–Trinajstić information content (AvgIpc) is 3.59. The maximum Gasteiger partial charge on any atom is 0.204 e. The lowest BCUT2D eigenvalue weighted by molar-refractivity contribution is -0.145. The number of ketones is 5. The van der Waals surface area contributed by atoms with E-state index in [1.54, 1.807) is 41.5 Å². The van der Waals surface area contributed by atoms with Crippen LogP contribution in [0.3, 0.4) is 0 Å². The maximum absolute atomic E-state index is 12.2. The fourth-order valence-electron chi connectivity index (χ4n) is 4.84. The monoisotopic (exact) mass is 765 g/mol. The van der Waals surface area contributed by atoms with Crippen LogP contribution < -0.4 is 0 Å². The smallest absolute Gasteiger partial charge is 0.204 e. The van der Waals surface area contributed by atoms with Gasteiger partial charge in [0, 0.05) is 52.8 Å². The lowest BCUT2D eigenvalue weighted by atomic mass is 9.72. The van der Waals surface area contributed by atoms with E-state index in [-0.39, 0.29) is 80.6 Å². The number of rotatable bonds is 3. The van der Waals surface area contributed by atoms with Gasteiger partial charge in [-0.25, -0.2) is 0 Å². The Morgan fingerprint density at radius 1 is 0.365 bits per heavy atom. The standard InChI is InChI=1S/C13H22O2.C10H18O2.C9H18O.C8H18OS.5CH4/c1-11(2,3)9(14)13(7-8-13)10(15)12(4,5)6;1-9(2,3)7(11)8(12)10(4,5)6;1-8(2,3)7(10)9(4,5)6;1-7(2,3)10(9)8(4,5)6;;;;;/h7-8H2,1-6H3;1-6H3;2*1-6H3;5*1H4. The third-order valence-corrected chi connectivity index (χ3v) is 9.25. The fourth-order valence-corrected chi connectivity index (χ4v) is 6.68. The Hall–Kier alpha value is -1.50. The number of carbonyl (C=O) groups excluding carboxylic acids is 5. The van der Waals surface area contributed by atoms with Crippen LogP contribution in [0.15, 0.2) is 0 Å². The van der Waals surface area contributed by atoms with Crippen molar-refractivity contribution < 1.29 is 28.2 Å². The minimum atomic E-state index is -0.755. The zero-order chi connectivity index (χ0) is 39.4. The number of hydrogen-bond acceptors (Lipinski definition) is 6. The minimum absolute atomic E-state index is 0. The van der Waals surface area contributed by atoms with Crippen LogP contribution in [0.1, 0.15) is 216 Å². The van der Waals surface area contributed by atoms with E-state index in [9.17, 15) is 28.2 Å². The van der Waals surface area contributed by atoms with Crippen LogP contribution in [-0.4, -0.2) is 42.6 Å². The largest absolute Gasteiger partial charge is 0.299 e. The molecule has 318 valence electrons. The molecule has 1 saturated carbocycles. The van der Waals surface area contributed by atoms with Gasteiger partial charge in [0.05, 0.1) is 5.41 Å². The molecule has 0 saturated heterocycles. The fraction of sp³-hybridized carbons (Fsp3) is 0.889. The summed E-state index contributed by atoms with van der Waals surface area (Å²) >= 11 is 0. The first-order chi connectivity index (χ1) is 19.9. The number of Topliss-reactive ketones (excluding diaryl/α,β-unsaturated/α-hetero) is 5. The molecule has 0 aromatic rings. The van der Waals surface area contributed by atoms with Crippen molar-refractivity contribution in [2.24, 2.45) is 37.9 Å². The molecule has 0 heterocycles. The zero-order valence-electron chi connectivity index (χ0n) is 35.3. The van der Waals surface area contributed by atoms with Gasteiger partial charge in [-0.2, -0.15) is 0 Å². The highest BCUT2D eigenvalue weighted by molar-refractivity contribution is 7.87. The summed E-state index contributed by atoms with van der Waals surface area (Å²) in [6, 6.07) is 0. The molecule has 0 unspecified atom stereocenters. The Morgan fingerprint density at radius 3 is 0.615 bits per heavy atom. The molecule has 1 aliphatic carbocycles. The van der Waals surface area contributed by atoms with Crippen molar-refractivity contribution >= 4 is 39.7 Å². The van der Waals surface area contributed by atoms with Crippen molar-refractivity contribution in [3.63, 3.8) is 0 Å². The van der Waals surface area contributed by atoms with Crippen molar-refractivity contribution in [3.05, 3.63) is 0 Å². The predicted molar refractivity (Wildman–Crippen MR) is 235 cm³/mol. The molecule has 0 aromatic carbocycles. The molecule has 0 spiro atoms. The third kappa shape index (κ3) is 24.0. The molecule has 0 amide bonds. The molecule has 6 nitrogen and oxygen atoms in total. The summed E-state index contributed by atoms with van der Waals surface area (Å²) in [7, 11) is -0.755. The van der Waals surface area contributed by atoms with Crippen molar-refractivity contribution in [3.8, 4) is 0 Å². The van der Waals surface area contributed by atoms with E-state index in [1.807, 2.05) is 125 Å². The van der Waals surface area contributed by atoms with Crippen LogP contribution in [0.25, 0.3) is 0 Å². The molecule has 1 fully saturated rings. The Balaban J connectivity index is -0.0000000813. The Bertz CT molecular complexity index is 1010. The van der Waals surface area contributed by atoms with Gasteiger partial charge in [0.1, 0.15) is 5.78 Å². The van der Waals surface area contributed by atoms with Crippen LogP contribution in [-0.2, 0) is 34.8 Å². The van der Waals surface area contributed by atoms with Gasteiger partial charge in [-0.3, -0.25) is 28.2 Å². The average molecular weight is 765 g/mol. The van der Waals surface area contributed by atoms with Gasteiger partial charge in [-0.15, -0.1) is 0 Å². The molecule has 0 atom stereocenters. The SMILES string of the molecule is C.C.C.C.C.CC(C)(C)C(=O)C(=O)C(C)(C)C.CC(C)(C)C(=O)C(C)(C)C.CC(C)(C)C(=O)C1(C(=O)C(C)(C)C)CC1.CC(C)(C)S(=O)C(C)(C)C. The van der Waals surface area contributed by atoms with E-state index in [0.29, 0.717) is 5.78 Å². The van der Waals surface area contributed by atoms with E-state index in [2.05, 4.69) is 0 Å². The van der Waals surface area contributed by atoms with Gasteiger partial charge < -0.3 is 0 Å². The van der Waals surface area contributed by atoms with Gasteiger partial charge in [0.15, 0.2) is 11.6 Å². The lowest BCUT2D eigenvalue weighted by Crippen LogP contribution is -2.40. The van der Waals surface area contributed by atoms with Crippen LogP contribution in [0.2, 0.25) is 0 Å².